The largest absolute Gasteiger partial charge is 0.492 e. The Bertz CT molecular complexity index is 528. The van der Waals surface area contributed by atoms with Gasteiger partial charge in [0.15, 0.2) is 0 Å². The summed E-state index contributed by atoms with van der Waals surface area (Å²) in [5, 5.41) is 3.01. The Morgan fingerprint density at radius 3 is 2.96 bits per heavy atom. The van der Waals surface area contributed by atoms with E-state index in [1.807, 2.05) is 31.2 Å². The lowest BCUT2D eigenvalue weighted by Gasteiger charge is -2.13. The highest BCUT2D eigenvalue weighted by atomic mass is 32.2. The molecule has 0 saturated carbocycles. The molecule has 0 aromatic heterocycles. The molecule has 1 aliphatic carbocycles. The number of carbonyl (C=O) groups is 1. The Hall–Kier alpha value is -1.42. The van der Waals surface area contributed by atoms with Gasteiger partial charge >= 0.3 is 0 Å². The number of hydrogen-bond acceptors (Lipinski definition) is 3. The first kappa shape index (κ1) is 17.9. The molecular formula is C19H27NO2S. The van der Waals surface area contributed by atoms with Crippen molar-refractivity contribution in [3.63, 3.8) is 0 Å². The van der Waals surface area contributed by atoms with E-state index in [-0.39, 0.29) is 5.91 Å². The maximum Gasteiger partial charge on any atom is 0.230 e. The van der Waals surface area contributed by atoms with E-state index in [1.165, 1.54) is 31.3 Å². The van der Waals surface area contributed by atoms with Gasteiger partial charge in [0.2, 0.25) is 5.91 Å². The molecule has 0 heterocycles. The predicted octanol–water partition coefficient (Wildman–Crippen LogP) is 4.11. The number of carbonyl (C=O) groups excluding carboxylic acids is 1. The maximum atomic E-state index is 11.8. The second-order valence-electron chi connectivity index (χ2n) is 5.87. The lowest BCUT2D eigenvalue weighted by atomic mass is 9.97. The van der Waals surface area contributed by atoms with Crippen LogP contribution in [0.4, 0.5) is 0 Å². The van der Waals surface area contributed by atoms with Crippen LogP contribution in [0.2, 0.25) is 0 Å². The zero-order chi connectivity index (χ0) is 16.3. The minimum absolute atomic E-state index is 0.127. The summed E-state index contributed by atoms with van der Waals surface area (Å²) in [7, 11) is 0. The molecule has 2 rings (SSSR count). The number of allylic oxidation sites excluding steroid dienone is 1. The average Bonchev–Trinajstić information content (AvgIpc) is 2.57. The fraction of sp³-hybridized carbons (Fsp3) is 0.526. The Balaban J connectivity index is 1.50. The van der Waals surface area contributed by atoms with E-state index < -0.39 is 0 Å². The van der Waals surface area contributed by atoms with Gasteiger partial charge in [0.25, 0.3) is 0 Å². The van der Waals surface area contributed by atoms with Gasteiger partial charge in [0, 0.05) is 12.3 Å². The Kier molecular flexibility index (Phi) is 8.08. The second-order valence-corrected chi connectivity index (χ2v) is 6.98. The van der Waals surface area contributed by atoms with Crippen molar-refractivity contribution in [1.82, 2.24) is 5.32 Å². The Labute approximate surface area is 143 Å². The van der Waals surface area contributed by atoms with Gasteiger partial charge < -0.3 is 10.1 Å². The Morgan fingerprint density at radius 1 is 1.30 bits per heavy atom. The second kappa shape index (κ2) is 10.4. The molecule has 1 N–H and O–H groups in total. The minimum Gasteiger partial charge on any atom is -0.492 e. The van der Waals surface area contributed by atoms with Crippen LogP contribution < -0.4 is 10.1 Å². The van der Waals surface area contributed by atoms with Gasteiger partial charge in [-0.15, -0.1) is 11.8 Å². The van der Waals surface area contributed by atoms with Crippen molar-refractivity contribution in [3.8, 4) is 5.75 Å². The predicted molar refractivity (Wildman–Crippen MR) is 98.2 cm³/mol. The van der Waals surface area contributed by atoms with E-state index in [2.05, 4.69) is 11.4 Å². The minimum atomic E-state index is 0.127. The molecule has 0 spiro atoms. The number of amides is 1. The van der Waals surface area contributed by atoms with E-state index in [9.17, 15) is 4.79 Å². The van der Waals surface area contributed by atoms with Crippen LogP contribution in [0, 0.1) is 6.92 Å². The lowest BCUT2D eigenvalue weighted by Crippen LogP contribution is -2.26. The van der Waals surface area contributed by atoms with Crippen LogP contribution in [0.1, 0.15) is 37.7 Å². The van der Waals surface area contributed by atoms with E-state index >= 15 is 0 Å². The van der Waals surface area contributed by atoms with Crippen LogP contribution >= 0.6 is 11.8 Å². The molecule has 0 atom stereocenters. The van der Waals surface area contributed by atoms with Crippen LogP contribution in [0.15, 0.2) is 35.9 Å². The van der Waals surface area contributed by atoms with Crippen molar-refractivity contribution < 1.29 is 9.53 Å². The molecule has 0 radical (unpaired) electrons. The van der Waals surface area contributed by atoms with E-state index in [1.54, 1.807) is 11.8 Å². The summed E-state index contributed by atoms with van der Waals surface area (Å²) < 4.78 is 5.72. The molecule has 23 heavy (non-hydrogen) atoms. The van der Waals surface area contributed by atoms with Crippen LogP contribution in [-0.2, 0) is 4.79 Å². The first-order chi connectivity index (χ1) is 11.3. The highest BCUT2D eigenvalue weighted by molar-refractivity contribution is 7.99. The third kappa shape index (κ3) is 7.12. The number of ether oxygens (including phenoxy) is 1. The van der Waals surface area contributed by atoms with E-state index in [0.717, 1.165) is 30.0 Å². The van der Waals surface area contributed by atoms with Gasteiger partial charge in [-0.05, 0) is 50.7 Å². The number of benzene rings is 1. The van der Waals surface area contributed by atoms with Crippen molar-refractivity contribution in [2.45, 2.75) is 39.0 Å². The molecule has 0 unspecified atom stereocenters. The molecule has 1 aliphatic rings. The molecule has 0 fully saturated rings. The molecule has 0 aliphatic heterocycles. The van der Waals surface area contributed by atoms with Gasteiger partial charge in [0.05, 0.1) is 12.4 Å². The molecule has 0 bridgehead atoms. The molecule has 126 valence electrons. The fourth-order valence-corrected chi connectivity index (χ4v) is 3.27. The van der Waals surface area contributed by atoms with Gasteiger partial charge in [0.1, 0.15) is 5.75 Å². The number of aryl methyl sites for hydroxylation is 1. The number of thioether (sulfide) groups is 1. The smallest absolute Gasteiger partial charge is 0.230 e. The first-order valence-corrected chi connectivity index (χ1v) is 9.62. The fourth-order valence-electron chi connectivity index (χ4n) is 2.64. The van der Waals surface area contributed by atoms with Crippen LogP contribution in [0.25, 0.3) is 0 Å². The number of hydrogen-bond donors (Lipinski definition) is 1. The number of rotatable bonds is 9. The molecular weight excluding hydrogens is 306 g/mol. The molecule has 1 aromatic rings. The Morgan fingerprint density at radius 2 is 2.17 bits per heavy atom. The molecule has 0 saturated heterocycles. The van der Waals surface area contributed by atoms with Gasteiger partial charge in [-0.2, -0.15) is 0 Å². The summed E-state index contributed by atoms with van der Waals surface area (Å²) in [6, 6.07) is 8.00. The summed E-state index contributed by atoms with van der Waals surface area (Å²) in [5.74, 6) is 2.39. The monoisotopic (exact) mass is 333 g/mol. The summed E-state index contributed by atoms with van der Waals surface area (Å²) in [5.41, 5.74) is 2.66. The normalized spacial score (nSPS) is 14.2. The molecule has 4 heteroatoms. The number of para-hydroxylation sites is 1. The van der Waals surface area contributed by atoms with Crippen LogP contribution in [-0.4, -0.2) is 30.6 Å². The van der Waals surface area contributed by atoms with Crippen molar-refractivity contribution in [3.05, 3.63) is 41.5 Å². The SMILES string of the molecule is Cc1ccccc1OCCSCC(=O)NCCC1=CCCCC1. The van der Waals surface area contributed by atoms with Gasteiger partial charge in [-0.1, -0.05) is 29.8 Å². The maximum absolute atomic E-state index is 11.8. The summed E-state index contributed by atoms with van der Waals surface area (Å²) in [4.78, 5) is 11.8. The highest BCUT2D eigenvalue weighted by Crippen LogP contribution is 2.19. The third-order valence-corrected chi connectivity index (χ3v) is 4.89. The number of nitrogens with one attached hydrogen (secondary N) is 1. The van der Waals surface area contributed by atoms with E-state index in [0.29, 0.717) is 12.4 Å². The summed E-state index contributed by atoms with van der Waals surface area (Å²) in [6.45, 7) is 3.44. The average molecular weight is 333 g/mol. The zero-order valence-electron chi connectivity index (χ0n) is 14.0. The quantitative estimate of drug-likeness (QED) is 0.546. The molecule has 3 nitrogen and oxygen atoms in total. The lowest BCUT2D eigenvalue weighted by molar-refractivity contribution is -0.118. The highest BCUT2D eigenvalue weighted by Gasteiger charge is 2.05. The topological polar surface area (TPSA) is 38.3 Å². The molecule has 1 aromatic carbocycles. The summed E-state index contributed by atoms with van der Waals surface area (Å²) in [6.07, 6.45) is 8.38. The van der Waals surface area contributed by atoms with Crippen molar-refractivity contribution in [2.24, 2.45) is 0 Å². The van der Waals surface area contributed by atoms with Gasteiger partial charge in [-0.3, -0.25) is 4.79 Å². The standard InChI is InChI=1S/C19H27NO2S/c1-16-7-5-6-10-18(16)22-13-14-23-15-19(21)20-12-11-17-8-3-2-4-9-17/h5-8,10H,2-4,9,11-15H2,1H3,(H,20,21). The van der Waals surface area contributed by atoms with Crippen LogP contribution in [0.5, 0.6) is 5.75 Å². The van der Waals surface area contributed by atoms with E-state index in [4.69, 9.17) is 4.74 Å². The zero-order valence-corrected chi connectivity index (χ0v) is 14.8. The van der Waals surface area contributed by atoms with Crippen molar-refractivity contribution in [2.75, 3.05) is 24.7 Å². The molecule has 1 amide bonds. The van der Waals surface area contributed by atoms with Crippen molar-refractivity contribution in [1.29, 1.82) is 0 Å². The third-order valence-electron chi connectivity index (χ3n) is 3.97. The van der Waals surface area contributed by atoms with Crippen molar-refractivity contribution >= 4 is 17.7 Å². The summed E-state index contributed by atoms with van der Waals surface area (Å²) >= 11 is 1.62. The first-order valence-electron chi connectivity index (χ1n) is 8.46. The van der Waals surface area contributed by atoms with Crippen LogP contribution in [0.3, 0.4) is 0 Å². The van der Waals surface area contributed by atoms with Gasteiger partial charge in [-0.25, -0.2) is 0 Å².